The molecule has 1 aromatic rings. The Balaban J connectivity index is 2.42. The molecule has 1 rings (SSSR count). The van der Waals surface area contributed by atoms with Crippen molar-refractivity contribution in [1.82, 2.24) is 5.32 Å². The summed E-state index contributed by atoms with van der Waals surface area (Å²) in [4.78, 5) is 11.4. The maximum Gasteiger partial charge on any atom is 0.319 e. The van der Waals surface area contributed by atoms with Crippen LogP contribution in [-0.2, 0) is 0 Å². The van der Waals surface area contributed by atoms with Gasteiger partial charge in [-0.15, -0.1) is 0 Å². The fraction of sp³-hybridized carbons (Fsp3) is 0.364. The molecule has 0 spiro atoms. The van der Waals surface area contributed by atoms with E-state index in [0.29, 0.717) is 12.2 Å². The first kappa shape index (κ1) is 12.4. The van der Waals surface area contributed by atoms with Crippen molar-refractivity contribution in [3.05, 3.63) is 30.1 Å². The van der Waals surface area contributed by atoms with E-state index in [9.17, 15) is 9.18 Å². The van der Waals surface area contributed by atoms with Gasteiger partial charge in [0, 0.05) is 11.7 Å². The van der Waals surface area contributed by atoms with E-state index < -0.39 is 0 Å². The summed E-state index contributed by atoms with van der Waals surface area (Å²) in [6.45, 7) is 2.40. The van der Waals surface area contributed by atoms with E-state index in [4.69, 9.17) is 5.73 Å². The third kappa shape index (κ3) is 4.27. The second kappa shape index (κ2) is 6.07. The third-order valence-electron chi connectivity index (χ3n) is 2.08. The van der Waals surface area contributed by atoms with Gasteiger partial charge >= 0.3 is 6.03 Å². The van der Waals surface area contributed by atoms with Crippen LogP contribution in [0.4, 0.5) is 14.9 Å². The Kier molecular flexibility index (Phi) is 4.72. The molecule has 1 atom stereocenters. The lowest BCUT2D eigenvalue weighted by Gasteiger charge is -2.13. The van der Waals surface area contributed by atoms with Crippen LogP contribution in [0.5, 0.6) is 0 Å². The van der Waals surface area contributed by atoms with Crippen molar-refractivity contribution in [3.63, 3.8) is 0 Å². The Morgan fingerprint density at radius 3 is 2.62 bits per heavy atom. The molecule has 1 aromatic carbocycles. The number of hydrogen-bond donors (Lipinski definition) is 3. The Labute approximate surface area is 94.0 Å². The number of nitrogens with two attached hydrogens (primary N) is 1. The second-order valence-corrected chi connectivity index (χ2v) is 3.58. The van der Waals surface area contributed by atoms with Crippen molar-refractivity contribution in [3.8, 4) is 0 Å². The van der Waals surface area contributed by atoms with E-state index in [-0.39, 0.29) is 17.9 Å². The van der Waals surface area contributed by atoms with Crippen LogP contribution in [0.25, 0.3) is 0 Å². The molecule has 0 saturated heterocycles. The minimum atomic E-state index is -0.331. The number of carbonyl (C=O) groups is 1. The molecule has 0 radical (unpaired) electrons. The lowest BCUT2D eigenvalue weighted by Crippen LogP contribution is -2.37. The molecule has 1 unspecified atom stereocenters. The molecule has 0 bridgehead atoms. The van der Waals surface area contributed by atoms with Crippen LogP contribution in [0.2, 0.25) is 0 Å². The molecule has 0 fully saturated rings. The van der Waals surface area contributed by atoms with Gasteiger partial charge in [-0.3, -0.25) is 0 Å². The summed E-state index contributed by atoms with van der Waals surface area (Å²) < 4.78 is 12.6. The Hall–Kier alpha value is -1.62. The zero-order valence-corrected chi connectivity index (χ0v) is 9.16. The zero-order valence-electron chi connectivity index (χ0n) is 9.16. The summed E-state index contributed by atoms with van der Waals surface area (Å²) in [5, 5.41) is 5.32. The van der Waals surface area contributed by atoms with Crippen LogP contribution in [0.3, 0.4) is 0 Å². The fourth-order valence-electron chi connectivity index (χ4n) is 1.25. The maximum atomic E-state index is 12.6. The van der Waals surface area contributed by atoms with Gasteiger partial charge in [0.15, 0.2) is 0 Å². The summed E-state index contributed by atoms with van der Waals surface area (Å²) in [5.74, 6) is -0.331. The van der Waals surface area contributed by atoms with Gasteiger partial charge < -0.3 is 16.4 Å². The van der Waals surface area contributed by atoms with Gasteiger partial charge in [-0.1, -0.05) is 0 Å². The topological polar surface area (TPSA) is 67.1 Å². The van der Waals surface area contributed by atoms with E-state index in [0.717, 1.165) is 6.42 Å². The molecule has 2 amide bonds. The number of carbonyl (C=O) groups excluding carboxylic acids is 1. The summed E-state index contributed by atoms with van der Waals surface area (Å²) in [5.41, 5.74) is 5.92. The molecule has 5 heteroatoms. The van der Waals surface area contributed by atoms with Gasteiger partial charge in [-0.05, 0) is 44.2 Å². The number of hydrogen-bond acceptors (Lipinski definition) is 2. The molecule has 0 aliphatic rings. The highest BCUT2D eigenvalue weighted by Crippen LogP contribution is 2.07. The van der Waals surface area contributed by atoms with Crippen molar-refractivity contribution in [1.29, 1.82) is 0 Å². The molecule has 0 heterocycles. The molecule has 0 aliphatic heterocycles. The van der Waals surface area contributed by atoms with Gasteiger partial charge in [0.1, 0.15) is 5.82 Å². The first-order valence-electron chi connectivity index (χ1n) is 5.15. The monoisotopic (exact) mass is 225 g/mol. The van der Waals surface area contributed by atoms with E-state index in [2.05, 4.69) is 10.6 Å². The van der Waals surface area contributed by atoms with E-state index in [1.165, 1.54) is 24.3 Å². The molecule has 4 nitrogen and oxygen atoms in total. The lowest BCUT2D eigenvalue weighted by atomic mass is 10.2. The highest BCUT2D eigenvalue weighted by molar-refractivity contribution is 5.89. The summed E-state index contributed by atoms with van der Waals surface area (Å²) >= 11 is 0. The van der Waals surface area contributed by atoms with Crippen LogP contribution in [0.15, 0.2) is 24.3 Å². The molecule has 0 aromatic heterocycles. The molecule has 4 N–H and O–H groups in total. The lowest BCUT2D eigenvalue weighted by molar-refractivity contribution is 0.249. The van der Waals surface area contributed by atoms with Gasteiger partial charge in [0.2, 0.25) is 0 Å². The van der Waals surface area contributed by atoms with E-state index in [1.807, 2.05) is 6.92 Å². The van der Waals surface area contributed by atoms with Crippen molar-refractivity contribution in [2.75, 3.05) is 11.9 Å². The van der Waals surface area contributed by atoms with E-state index >= 15 is 0 Å². The van der Waals surface area contributed by atoms with Gasteiger partial charge in [0.25, 0.3) is 0 Å². The van der Waals surface area contributed by atoms with Crippen molar-refractivity contribution in [2.24, 2.45) is 5.73 Å². The molecule has 0 aliphatic carbocycles. The quantitative estimate of drug-likeness (QED) is 0.729. The number of benzene rings is 1. The number of halogens is 1. The number of rotatable bonds is 4. The highest BCUT2D eigenvalue weighted by Gasteiger charge is 2.06. The summed E-state index contributed by atoms with van der Waals surface area (Å²) in [6, 6.07) is 5.29. The Bertz CT molecular complexity index is 340. The smallest absolute Gasteiger partial charge is 0.319 e. The zero-order chi connectivity index (χ0) is 12.0. The second-order valence-electron chi connectivity index (χ2n) is 3.58. The number of urea groups is 1. The molecule has 0 saturated carbocycles. The summed E-state index contributed by atoms with van der Waals surface area (Å²) in [7, 11) is 0. The van der Waals surface area contributed by atoms with Crippen LogP contribution < -0.4 is 16.4 Å². The minimum Gasteiger partial charge on any atom is -0.335 e. The largest absolute Gasteiger partial charge is 0.335 e. The third-order valence-corrected chi connectivity index (χ3v) is 2.08. The average Bonchev–Trinajstić information content (AvgIpc) is 2.21. The van der Waals surface area contributed by atoms with Crippen LogP contribution in [0, 0.1) is 5.82 Å². The van der Waals surface area contributed by atoms with Gasteiger partial charge in [-0.2, -0.15) is 0 Å². The van der Waals surface area contributed by atoms with Crippen LogP contribution in [-0.4, -0.2) is 18.6 Å². The first-order chi connectivity index (χ1) is 7.61. The number of amides is 2. The number of nitrogens with one attached hydrogen (secondary N) is 2. The Morgan fingerprint density at radius 2 is 2.06 bits per heavy atom. The highest BCUT2D eigenvalue weighted by atomic mass is 19.1. The normalized spacial score (nSPS) is 11.9. The number of anilines is 1. The van der Waals surface area contributed by atoms with E-state index in [1.54, 1.807) is 0 Å². The molecule has 88 valence electrons. The van der Waals surface area contributed by atoms with Crippen molar-refractivity contribution < 1.29 is 9.18 Å². The van der Waals surface area contributed by atoms with Crippen molar-refractivity contribution in [2.45, 2.75) is 19.4 Å². The van der Waals surface area contributed by atoms with Crippen molar-refractivity contribution >= 4 is 11.7 Å². The standard InChI is InChI=1S/C11H16FN3O/c1-8(6-7-13)14-11(16)15-10-4-2-9(12)3-5-10/h2-5,8H,6-7,13H2,1H3,(H2,14,15,16). The van der Waals surface area contributed by atoms with Gasteiger partial charge in [-0.25, -0.2) is 9.18 Å². The minimum absolute atomic E-state index is 0.0189. The molecular formula is C11H16FN3O. The summed E-state index contributed by atoms with van der Waals surface area (Å²) in [6.07, 6.45) is 0.719. The molecule has 16 heavy (non-hydrogen) atoms. The Morgan fingerprint density at radius 1 is 1.44 bits per heavy atom. The fourth-order valence-corrected chi connectivity index (χ4v) is 1.25. The SMILES string of the molecule is CC(CCN)NC(=O)Nc1ccc(F)cc1. The van der Waals surface area contributed by atoms with Gasteiger partial charge in [0.05, 0.1) is 0 Å². The maximum absolute atomic E-state index is 12.6. The molecular weight excluding hydrogens is 209 g/mol. The van der Waals surface area contributed by atoms with Crippen LogP contribution in [0.1, 0.15) is 13.3 Å². The average molecular weight is 225 g/mol. The predicted octanol–water partition coefficient (Wildman–Crippen LogP) is 1.68. The van der Waals surface area contributed by atoms with Crippen LogP contribution >= 0.6 is 0 Å². The first-order valence-corrected chi connectivity index (χ1v) is 5.15. The predicted molar refractivity (Wildman–Crippen MR) is 61.7 cm³/mol.